The van der Waals surface area contributed by atoms with E-state index in [2.05, 4.69) is 5.32 Å². The lowest BCUT2D eigenvalue weighted by molar-refractivity contribution is 0.385. The summed E-state index contributed by atoms with van der Waals surface area (Å²) in [6.07, 6.45) is 0.796. The lowest BCUT2D eigenvalue weighted by Gasteiger charge is -2.24. The summed E-state index contributed by atoms with van der Waals surface area (Å²) in [5, 5.41) is 3.01. The molecule has 6 heteroatoms. The third-order valence-corrected chi connectivity index (χ3v) is 5.06. The van der Waals surface area contributed by atoms with Crippen LogP contribution in [-0.2, 0) is 16.8 Å². The maximum Gasteiger partial charge on any atom is 0.281 e. The first-order chi connectivity index (χ1) is 9.37. The fraction of sp³-hybridized carbons (Fsp3) is 0.571. The highest BCUT2D eigenvalue weighted by Crippen LogP contribution is 2.11. The van der Waals surface area contributed by atoms with Gasteiger partial charge in [-0.1, -0.05) is 29.8 Å². The fourth-order valence-corrected chi connectivity index (χ4v) is 3.13. The minimum absolute atomic E-state index is 0.389. The molecule has 114 valence electrons. The van der Waals surface area contributed by atoms with Crippen LogP contribution in [-0.4, -0.2) is 51.3 Å². The molecule has 1 aromatic carbocycles. The third-order valence-electron chi connectivity index (χ3n) is 3.18. The van der Waals surface area contributed by atoms with E-state index >= 15 is 0 Å². The Labute approximate surface area is 122 Å². The molecule has 0 amide bonds. The van der Waals surface area contributed by atoms with E-state index in [0.29, 0.717) is 13.1 Å². The van der Waals surface area contributed by atoms with Crippen LogP contribution in [0.2, 0.25) is 0 Å². The second-order valence-electron chi connectivity index (χ2n) is 5.03. The van der Waals surface area contributed by atoms with E-state index in [0.717, 1.165) is 24.1 Å². The molecule has 1 rings (SSSR count). The molecule has 0 saturated carbocycles. The zero-order valence-electron chi connectivity index (χ0n) is 12.8. The molecule has 1 N–H and O–H groups in total. The summed E-state index contributed by atoms with van der Waals surface area (Å²) in [5.74, 6) is 0. The minimum Gasteiger partial charge on any atom is -0.320 e. The standard InChI is InChI=1S/C14H25N3O2S/c1-13-7-5-8-14(11-13)12-17(4)20(18,19)16(3)10-6-9-15-2/h5,7-8,11,15H,6,9-10,12H2,1-4H3. The van der Waals surface area contributed by atoms with Crippen molar-refractivity contribution in [2.24, 2.45) is 0 Å². The van der Waals surface area contributed by atoms with Crippen molar-refractivity contribution < 1.29 is 8.42 Å². The van der Waals surface area contributed by atoms with Crippen LogP contribution in [0.5, 0.6) is 0 Å². The summed E-state index contributed by atoms with van der Waals surface area (Å²) in [7, 11) is 1.71. The lowest BCUT2D eigenvalue weighted by atomic mass is 10.1. The third kappa shape index (κ3) is 4.86. The monoisotopic (exact) mass is 299 g/mol. The summed E-state index contributed by atoms with van der Waals surface area (Å²) in [4.78, 5) is 0. The Hall–Kier alpha value is -0.950. The predicted molar refractivity (Wildman–Crippen MR) is 82.7 cm³/mol. The van der Waals surface area contributed by atoms with Crippen molar-refractivity contribution in [3.63, 3.8) is 0 Å². The predicted octanol–water partition coefficient (Wildman–Crippen LogP) is 1.21. The Kier molecular flexibility index (Phi) is 6.61. The maximum absolute atomic E-state index is 12.3. The molecule has 5 nitrogen and oxygen atoms in total. The minimum atomic E-state index is -3.39. The molecular formula is C14H25N3O2S. The Balaban J connectivity index is 2.66. The number of nitrogens with one attached hydrogen (secondary N) is 1. The molecule has 20 heavy (non-hydrogen) atoms. The van der Waals surface area contributed by atoms with E-state index in [1.165, 1.54) is 8.61 Å². The molecule has 1 aromatic rings. The second kappa shape index (κ2) is 7.73. The summed E-state index contributed by atoms with van der Waals surface area (Å²) >= 11 is 0. The lowest BCUT2D eigenvalue weighted by Crippen LogP contribution is -2.40. The first-order valence-electron chi connectivity index (χ1n) is 6.75. The van der Waals surface area contributed by atoms with Crippen LogP contribution < -0.4 is 5.32 Å². The van der Waals surface area contributed by atoms with Crippen LogP contribution >= 0.6 is 0 Å². The number of benzene rings is 1. The van der Waals surface area contributed by atoms with Crippen LogP contribution in [0.25, 0.3) is 0 Å². The van der Waals surface area contributed by atoms with Crippen LogP contribution in [0, 0.1) is 6.92 Å². The molecule has 0 aliphatic carbocycles. The Morgan fingerprint density at radius 2 is 1.90 bits per heavy atom. The Bertz CT molecular complexity index is 517. The number of hydrogen-bond donors (Lipinski definition) is 1. The maximum atomic E-state index is 12.3. The molecular weight excluding hydrogens is 274 g/mol. The van der Waals surface area contributed by atoms with Crippen molar-refractivity contribution in [1.29, 1.82) is 0 Å². The highest BCUT2D eigenvalue weighted by atomic mass is 32.2. The average molecular weight is 299 g/mol. The number of aryl methyl sites for hydroxylation is 1. The van der Waals surface area contributed by atoms with Gasteiger partial charge in [0.2, 0.25) is 0 Å². The summed E-state index contributed by atoms with van der Waals surface area (Å²) < 4.78 is 27.5. The van der Waals surface area contributed by atoms with Gasteiger partial charge in [0.1, 0.15) is 0 Å². The van der Waals surface area contributed by atoms with Gasteiger partial charge >= 0.3 is 0 Å². The van der Waals surface area contributed by atoms with Crippen molar-refractivity contribution in [2.45, 2.75) is 19.9 Å². The van der Waals surface area contributed by atoms with Crippen LogP contribution in [0.3, 0.4) is 0 Å². The van der Waals surface area contributed by atoms with Crippen LogP contribution in [0.15, 0.2) is 24.3 Å². The van der Waals surface area contributed by atoms with Crippen molar-refractivity contribution in [2.75, 3.05) is 34.2 Å². The molecule has 0 aromatic heterocycles. The number of rotatable bonds is 8. The van der Waals surface area contributed by atoms with Crippen molar-refractivity contribution in [3.8, 4) is 0 Å². The van der Waals surface area contributed by atoms with Gasteiger partial charge in [-0.2, -0.15) is 17.0 Å². The van der Waals surface area contributed by atoms with Gasteiger partial charge in [0.05, 0.1) is 0 Å². The fourth-order valence-electron chi connectivity index (χ4n) is 1.98. The quantitative estimate of drug-likeness (QED) is 0.734. The van der Waals surface area contributed by atoms with Gasteiger partial charge in [-0.3, -0.25) is 0 Å². The van der Waals surface area contributed by atoms with Crippen molar-refractivity contribution in [3.05, 3.63) is 35.4 Å². The van der Waals surface area contributed by atoms with Gasteiger partial charge < -0.3 is 5.32 Å². The van der Waals surface area contributed by atoms with Crippen molar-refractivity contribution >= 4 is 10.2 Å². The molecule has 0 heterocycles. The summed E-state index contributed by atoms with van der Waals surface area (Å²) in [5.41, 5.74) is 2.13. The first-order valence-corrected chi connectivity index (χ1v) is 8.15. The van der Waals surface area contributed by atoms with Gasteiger partial charge in [-0.15, -0.1) is 0 Å². The van der Waals surface area contributed by atoms with E-state index in [9.17, 15) is 8.42 Å². The zero-order valence-corrected chi connectivity index (χ0v) is 13.6. The van der Waals surface area contributed by atoms with Crippen molar-refractivity contribution in [1.82, 2.24) is 13.9 Å². The Morgan fingerprint density at radius 3 is 2.50 bits per heavy atom. The molecule has 0 unspecified atom stereocenters. The van der Waals surface area contributed by atoms with E-state index < -0.39 is 10.2 Å². The molecule has 0 aliphatic heterocycles. The first kappa shape index (κ1) is 17.1. The summed E-state index contributed by atoms with van der Waals surface area (Å²) in [6, 6.07) is 7.90. The highest BCUT2D eigenvalue weighted by molar-refractivity contribution is 7.86. The SMILES string of the molecule is CNCCCN(C)S(=O)(=O)N(C)Cc1cccc(C)c1. The number of hydrogen-bond acceptors (Lipinski definition) is 3. The van der Waals surface area contributed by atoms with E-state index in [4.69, 9.17) is 0 Å². The smallest absolute Gasteiger partial charge is 0.281 e. The summed E-state index contributed by atoms with van der Waals surface area (Å²) in [6.45, 7) is 3.71. The largest absolute Gasteiger partial charge is 0.320 e. The molecule has 0 aliphatic rings. The molecule has 0 radical (unpaired) electrons. The van der Waals surface area contributed by atoms with E-state index in [1.807, 2.05) is 38.2 Å². The zero-order chi connectivity index (χ0) is 15.2. The van der Waals surface area contributed by atoms with Gasteiger partial charge in [0.25, 0.3) is 10.2 Å². The average Bonchev–Trinajstić information content (AvgIpc) is 2.38. The normalized spacial score (nSPS) is 12.3. The van der Waals surface area contributed by atoms with Gasteiger partial charge in [-0.25, -0.2) is 0 Å². The van der Waals surface area contributed by atoms with Gasteiger partial charge in [-0.05, 0) is 32.5 Å². The Morgan fingerprint density at radius 1 is 1.20 bits per heavy atom. The van der Waals surface area contributed by atoms with Crippen LogP contribution in [0.1, 0.15) is 17.5 Å². The molecule has 0 bridgehead atoms. The molecule has 0 saturated heterocycles. The number of nitrogens with zero attached hydrogens (tertiary/aromatic N) is 2. The van der Waals surface area contributed by atoms with Crippen LogP contribution in [0.4, 0.5) is 0 Å². The van der Waals surface area contributed by atoms with Gasteiger partial charge in [0.15, 0.2) is 0 Å². The topological polar surface area (TPSA) is 52.7 Å². The van der Waals surface area contributed by atoms with E-state index in [1.54, 1.807) is 14.1 Å². The second-order valence-corrected chi connectivity index (χ2v) is 7.17. The molecule has 0 spiro atoms. The highest BCUT2D eigenvalue weighted by Gasteiger charge is 2.23. The van der Waals surface area contributed by atoms with E-state index in [-0.39, 0.29) is 0 Å². The van der Waals surface area contributed by atoms with Gasteiger partial charge in [0, 0.05) is 27.2 Å². The molecule has 0 atom stereocenters. The molecule has 0 fully saturated rings.